The first-order valence-corrected chi connectivity index (χ1v) is 8.94. The Hall–Kier alpha value is -2.62. The van der Waals surface area contributed by atoms with E-state index < -0.39 is 17.6 Å². The van der Waals surface area contributed by atoms with Gasteiger partial charge in [0.05, 0.1) is 36.7 Å². The van der Waals surface area contributed by atoms with Crippen LogP contribution in [-0.2, 0) is 22.6 Å². The maximum Gasteiger partial charge on any atom is 0.410 e. The molecule has 10 heteroatoms. The van der Waals surface area contributed by atoms with Gasteiger partial charge in [0.1, 0.15) is 11.4 Å². The molecule has 1 saturated heterocycles. The summed E-state index contributed by atoms with van der Waals surface area (Å²) in [6, 6.07) is -0.0890. The van der Waals surface area contributed by atoms with Crippen LogP contribution in [0.15, 0.2) is 6.20 Å². The molecule has 0 spiro atoms. The minimum atomic E-state index is -0.590. The van der Waals surface area contributed by atoms with Crippen molar-refractivity contribution in [2.75, 3.05) is 11.4 Å². The monoisotopic (exact) mass is 378 g/mol. The van der Waals surface area contributed by atoms with Gasteiger partial charge in [-0.15, -0.1) is 0 Å². The summed E-state index contributed by atoms with van der Waals surface area (Å²) < 4.78 is 7.30. The molecule has 148 valence electrons. The van der Waals surface area contributed by atoms with Gasteiger partial charge < -0.3 is 9.64 Å². The van der Waals surface area contributed by atoms with Gasteiger partial charge in [-0.1, -0.05) is 0 Å². The van der Waals surface area contributed by atoms with Crippen LogP contribution in [0.25, 0.3) is 0 Å². The van der Waals surface area contributed by atoms with E-state index in [4.69, 9.17) is 15.4 Å². The van der Waals surface area contributed by atoms with Crippen LogP contribution in [0.2, 0.25) is 0 Å². The van der Waals surface area contributed by atoms with Crippen molar-refractivity contribution in [3.63, 3.8) is 0 Å². The zero-order valence-corrected chi connectivity index (χ0v) is 16.0. The Bertz CT molecular complexity index is 768. The number of hydrogen-bond donors (Lipinski definition) is 3. The first kappa shape index (κ1) is 19.2. The van der Waals surface area contributed by atoms with Crippen LogP contribution in [-0.4, -0.2) is 55.9 Å². The molecule has 27 heavy (non-hydrogen) atoms. The van der Waals surface area contributed by atoms with Gasteiger partial charge >= 0.3 is 6.09 Å². The highest BCUT2D eigenvalue weighted by Crippen LogP contribution is 2.32. The zero-order chi connectivity index (χ0) is 19.9. The summed E-state index contributed by atoms with van der Waals surface area (Å²) in [5.41, 5.74) is 2.62. The minimum absolute atomic E-state index is 0.0871. The van der Waals surface area contributed by atoms with Gasteiger partial charge in [0.2, 0.25) is 5.91 Å². The lowest BCUT2D eigenvalue weighted by atomic mass is 10.1. The lowest BCUT2D eigenvalue weighted by molar-refractivity contribution is -0.117. The van der Waals surface area contributed by atoms with Gasteiger partial charge in [0.15, 0.2) is 0 Å². The molecule has 0 aromatic carbocycles. The molecule has 0 aliphatic carbocycles. The van der Waals surface area contributed by atoms with Crippen molar-refractivity contribution >= 4 is 23.5 Å². The SMILES string of the molecule is C[C@H]1Cn2ncc(N3CC(C(=N)NO)CC3=O)c2CN1C(=O)OC(C)(C)C. The molecular weight excluding hydrogens is 352 g/mol. The van der Waals surface area contributed by atoms with E-state index in [1.54, 1.807) is 20.7 Å². The fourth-order valence-electron chi connectivity index (χ4n) is 3.40. The lowest BCUT2D eigenvalue weighted by Crippen LogP contribution is -2.47. The molecule has 2 amide bonds. The molecule has 2 aliphatic rings. The molecule has 2 aliphatic heterocycles. The van der Waals surface area contributed by atoms with Crippen LogP contribution in [0.4, 0.5) is 10.5 Å². The van der Waals surface area contributed by atoms with Crippen LogP contribution < -0.4 is 10.4 Å². The Labute approximate surface area is 157 Å². The Balaban J connectivity index is 1.82. The van der Waals surface area contributed by atoms with E-state index in [9.17, 15) is 9.59 Å². The first-order chi connectivity index (χ1) is 12.6. The van der Waals surface area contributed by atoms with Gasteiger partial charge in [0, 0.05) is 18.9 Å². The Morgan fingerprint density at radius 2 is 2.11 bits per heavy atom. The normalized spacial score (nSPS) is 22.6. The predicted molar refractivity (Wildman–Crippen MR) is 96.6 cm³/mol. The van der Waals surface area contributed by atoms with E-state index in [2.05, 4.69) is 5.10 Å². The second-order valence-electron chi connectivity index (χ2n) is 8.05. The number of rotatable bonds is 2. The molecule has 1 aromatic rings. The van der Waals surface area contributed by atoms with Gasteiger partial charge in [-0.05, 0) is 27.7 Å². The molecule has 1 aromatic heterocycles. The highest BCUT2D eigenvalue weighted by molar-refractivity contribution is 6.01. The molecule has 1 fully saturated rings. The highest BCUT2D eigenvalue weighted by Gasteiger charge is 2.38. The third-order valence-corrected chi connectivity index (χ3v) is 4.79. The Kier molecular flexibility index (Phi) is 4.85. The maximum absolute atomic E-state index is 12.6. The standard InChI is InChI=1S/C17H26N6O4/c1-10-7-23-13(9-21(10)16(25)27-17(2,3)4)12(6-19-23)22-8-11(5-14(22)24)15(18)20-26/h6,10-11,26H,5,7-9H2,1-4H3,(H2,18,20)/t10-,11?/m0/s1. The summed E-state index contributed by atoms with van der Waals surface area (Å²) >= 11 is 0. The molecule has 0 saturated carbocycles. The number of hydrogen-bond acceptors (Lipinski definition) is 6. The van der Waals surface area contributed by atoms with Crippen molar-refractivity contribution in [1.82, 2.24) is 20.2 Å². The van der Waals surface area contributed by atoms with E-state index in [-0.39, 0.29) is 37.3 Å². The Morgan fingerprint density at radius 1 is 1.41 bits per heavy atom. The van der Waals surface area contributed by atoms with E-state index in [0.717, 1.165) is 5.69 Å². The fourth-order valence-corrected chi connectivity index (χ4v) is 3.40. The summed E-state index contributed by atoms with van der Waals surface area (Å²) in [4.78, 5) is 28.2. The van der Waals surface area contributed by atoms with E-state index in [1.807, 2.05) is 33.2 Å². The molecule has 2 atom stereocenters. The number of ether oxygens (including phenoxy) is 1. The van der Waals surface area contributed by atoms with Crippen molar-refractivity contribution in [1.29, 1.82) is 5.41 Å². The van der Waals surface area contributed by atoms with Crippen LogP contribution in [0.5, 0.6) is 0 Å². The number of aromatic nitrogens is 2. The Morgan fingerprint density at radius 3 is 2.74 bits per heavy atom. The quantitative estimate of drug-likeness (QED) is 0.405. The number of nitrogens with one attached hydrogen (secondary N) is 2. The summed E-state index contributed by atoms with van der Waals surface area (Å²) in [6.07, 6.45) is 1.37. The highest BCUT2D eigenvalue weighted by atomic mass is 16.6. The molecule has 3 rings (SSSR count). The fraction of sp³-hybridized carbons (Fsp3) is 0.647. The maximum atomic E-state index is 12.6. The number of amidine groups is 1. The van der Waals surface area contributed by atoms with Crippen LogP contribution in [0.3, 0.4) is 0 Å². The smallest absolute Gasteiger partial charge is 0.410 e. The topological polar surface area (TPSA) is 124 Å². The molecule has 3 N–H and O–H groups in total. The van der Waals surface area contributed by atoms with Crippen LogP contribution in [0, 0.1) is 11.3 Å². The van der Waals surface area contributed by atoms with Crippen molar-refractivity contribution in [2.45, 2.75) is 58.8 Å². The number of anilines is 1. The first-order valence-electron chi connectivity index (χ1n) is 8.94. The van der Waals surface area contributed by atoms with Gasteiger partial charge in [-0.25, -0.2) is 4.79 Å². The average Bonchev–Trinajstić information content (AvgIpc) is 3.14. The third-order valence-electron chi connectivity index (χ3n) is 4.79. The lowest BCUT2D eigenvalue weighted by Gasteiger charge is -2.36. The number of carbonyl (C=O) groups excluding carboxylic acids is 2. The second-order valence-corrected chi connectivity index (χ2v) is 8.05. The largest absolute Gasteiger partial charge is 0.444 e. The van der Waals surface area contributed by atoms with E-state index >= 15 is 0 Å². The number of hydroxylamine groups is 1. The number of carbonyl (C=O) groups is 2. The minimum Gasteiger partial charge on any atom is -0.444 e. The van der Waals surface area contributed by atoms with Crippen molar-refractivity contribution < 1.29 is 19.5 Å². The molecule has 1 unspecified atom stereocenters. The number of fused-ring (bicyclic) bond motifs is 1. The summed E-state index contributed by atoms with van der Waals surface area (Å²) in [7, 11) is 0. The van der Waals surface area contributed by atoms with E-state index in [1.165, 1.54) is 0 Å². The number of nitrogens with zero attached hydrogens (tertiary/aromatic N) is 4. The predicted octanol–water partition coefficient (Wildman–Crippen LogP) is 1.33. The number of amides is 2. The van der Waals surface area contributed by atoms with Crippen LogP contribution >= 0.6 is 0 Å². The van der Waals surface area contributed by atoms with Crippen molar-refractivity contribution in [2.24, 2.45) is 5.92 Å². The van der Waals surface area contributed by atoms with Gasteiger partial charge in [-0.2, -0.15) is 5.10 Å². The van der Waals surface area contributed by atoms with Crippen molar-refractivity contribution in [3.8, 4) is 0 Å². The molecule has 10 nitrogen and oxygen atoms in total. The molecule has 0 radical (unpaired) electrons. The molecule has 3 heterocycles. The second kappa shape index (κ2) is 6.84. The van der Waals surface area contributed by atoms with Gasteiger partial charge in [0.25, 0.3) is 0 Å². The van der Waals surface area contributed by atoms with Crippen LogP contribution in [0.1, 0.15) is 39.8 Å². The van der Waals surface area contributed by atoms with Crippen molar-refractivity contribution in [3.05, 3.63) is 11.9 Å². The zero-order valence-electron chi connectivity index (χ0n) is 16.0. The summed E-state index contributed by atoms with van der Waals surface area (Å²) in [6.45, 7) is 8.47. The van der Waals surface area contributed by atoms with E-state index in [0.29, 0.717) is 12.2 Å². The molecule has 0 bridgehead atoms. The summed E-state index contributed by atoms with van der Waals surface area (Å²) in [5.74, 6) is -0.628. The average molecular weight is 378 g/mol. The third kappa shape index (κ3) is 3.75. The van der Waals surface area contributed by atoms with Gasteiger partial charge in [-0.3, -0.25) is 30.5 Å². The molecular formula is C17H26N6O4. The summed E-state index contributed by atoms with van der Waals surface area (Å²) in [5, 5.41) is 21.0.